The highest BCUT2D eigenvalue weighted by molar-refractivity contribution is 7.18. The number of halogens is 3. The van der Waals surface area contributed by atoms with Gasteiger partial charge in [0.25, 0.3) is 5.56 Å². The van der Waals surface area contributed by atoms with E-state index in [2.05, 4.69) is 10.1 Å². The number of rotatable bonds is 5. The number of hydrogen-bond donors (Lipinski definition) is 1. The molecule has 1 saturated carbocycles. The van der Waals surface area contributed by atoms with Crippen molar-refractivity contribution in [2.45, 2.75) is 57.9 Å². The first-order valence-corrected chi connectivity index (χ1v) is 9.93. The van der Waals surface area contributed by atoms with Gasteiger partial charge in [0.15, 0.2) is 0 Å². The van der Waals surface area contributed by atoms with E-state index in [1.54, 1.807) is 6.92 Å². The van der Waals surface area contributed by atoms with Crippen molar-refractivity contribution in [3.63, 3.8) is 0 Å². The molecule has 1 fully saturated rings. The Labute approximate surface area is 165 Å². The minimum absolute atomic E-state index is 0.0594. The van der Waals surface area contributed by atoms with Gasteiger partial charge in [-0.05, 0) is 31.7 Å². The summed E-state index contributed by atoms with van der Waals surface area (Å²) >= 11 is 1.05. The third kappa shape index (κ3) is 3.45. The lowest BCUT2D eigenvalue weighted by Gasteiger charge is -2.27. The van der Waals surface area contributed by atoms with E-state index in [1.807, 2.05) is 0 Å². The molecule has 1 aliphatic rings. The number of nitrogens with zero attached hydrogens (tertiary/aromatic N) is 4. The Morgan fingerprint density at radius 2 is 2.00 bits per heavy atom. The van der Waals surface area contributed by atoms with Gasteiger partial charge >= 0.3 is 17.6 Å². The summed E-state index contributed by atoms with van der Waals surface area (Å²) in [5.74, 6) is 0. The van der Waals surface area contributed by atoms with Crippen LogP contribution in [-0.4, -0.2) is 30.1 Å². The van der Waals surface area contributed by atoms with Crippen molar-refractivity contribution in [2.24, 2.45) is 0 Å². The summed E-state index contributed by atoms with van der Waals surface area (Å²) in [4.78, 5) is 41.0. The SMILES string of the molecule is Cc1c(Cn2nc[nH]c2=O)sc2c1c(=O)n(C1CCC1)c(=O)n2CCC(F)(F)F. The second kappa shape index (κ2) is 7.01. The molecule has 0 unspecified atom stereocenters. The van der Waals surface area contributed by atoms with Gasteiger partial charge in [-0.2, -0.15) is 18.3 Å². The minimum atomic E-state index is -4.43. The van der Waals surface area contributed by atoms with Gasteiger partial charge in [0, 0.05) is 17.5 Å². The third-order valence-corrected chi connectivity index (χ3v) is 6.61. The zero-order valence-corrected chi connectivity index (χ0v) is 16.3. The monoisotopic (exact) mass is 429 g/mol. The highest BCUT2D eigenvalue weighted by Crippen LogP contribution is 2.33. The van der Waals surface area contributed by atoms with Gasteiger partial charge in [0.05, 0.1) is 18.4 Å². The van der Waals surface area contributed by atoms with Gasteiger partial charge in [-0.15, -0.1) is 11.3 Å². The molecule has 8 nitrogen and oxygen atoms in total. The second-order valence-electron chi connectivity index (χ2n) is 7.14. The van der Waals surface area contributed by atoms with Crippen LogP contribution in [-0.2, 0) is 13.1 Å². The normalized spacial score (nSPS) is 15.2. The first-order chi connectivity index (χ1) is 13.7. The van der Waals surface area contributed by atoms with Gasteiger partial charge < -0.3 is 0 Å². The maximum absolute atomic E-state index is 13.1. The van der Waals surface area contributed by atoms with Gasteiger partial charge in [-0.1, -0.05) is 0 Å². The number of thiophene rings is 1. The van der Waals surface area contributed by atoms with Crippen LogP contribution in [0.25, 0.3) is 10.2 Å². The molecule has 156 valence electrons. The van der Waals surface area contributed by atoms with E-state index in [-0.39, 0.29) is 22.8 Å². The number of aryl methyl sites for hydroxylation is 2. The fraction of sp³-hybridized carbons (Fsp3) is 0.529. The topological polar surface area (TPSA) is 94.7 Å². The van der Waals surface area contributed by atoms with E-state index in [1.165, 1.54) is 6.33 Å². The van der Waals surface area contributed by atoms with Crippen LogP contribution < -0.4 is 16.9 Å². The molecule has 0 saturated heterocycles. The van der Waals surface area contributed by atoms with E-state index in [9.17, 15) is 27.6 Å². The van der Waals surface area contributed by atoms with Crippen molar-refractivity contribution in [3.8, 4) is 0 Å². The van der Waals surface area contributed by atoms with E-state index in [0.717, 1.165) is 31.6 Å². The molecule has 0 aromatic carbocycles. The molecular weight excluding hydrogens is 411 g/mol. The quantitative estimate of drug-likeness (QED) is 0.672. The van der Waals surface area contributed by atoms with Crippen molar-refractivity contribution < 1.29 is 13.2 Å². The molecular formula is C17H18F3N5O3S. The molecule has 0 aliphatic heterocycles. The zero-order chi connectivity index (χ0) is 20.9. The Balaban J connectivity index is 1.92. The summed E-state index contributed by atoms with van der Waals surface area (Å²) < 4.78 is 41.8. The Morgan fingerprint density at radius 1 is 1.28 bits per heavy atom. The van der Waals surface area contributed by atoms with E-state index >= 15 is 0 Å². The summed E-state index contributed by atoms with van der Waals surface area (Å²) in [7, 11) is 0. The van der Waals surface area contributed by atoms with Crippen molar-refractivity contribution in [1.29, 1.82) is 0 Å². The molecule has 0 atom stereocenters. The summed E-state index contributed by atoms with van der Waals surface area (Å²) in [6.07, 6.45) is -2.20. The number of fused-ring (bicyclic) bond motifs is 1. The predicted octanol–water partition coefficient (Wildman–Crippen LogP) is 2.14. The molecule has 4 rings (SSSR count). The van der Waals surface area contributed by atoms with Crippen molar-refractivity contribution in [1.82, 2.24) is 23.9 Å². The van der Waals surface area contributed by atoms with Gasteiger partial charge in [-0.25, -0.2) is 14.3 Å². The third-order valence-electron chi connectivity index (χ3n) is 5.31. The molecule has 0 spiro atoms. The summed E-state index contributed by atoms with van der Waals surface area (Å²) in [5.41, 5.74) is -1.07. The average Bonchev–Trinajstić information content (AvgIpc) is 3.13. The highest BCUT2D eigenvalue weighted by Gasteiger charge is 2.31. The predicted molar refractivity (Wildman–Crippen MR) is 101 cm³/mol. The number of hydrogen-bond acceptors (Lipinski definition) is 5. The maximum atomic E-state index is 13.1. The smallest absolute Gasteiger partial charge is 0.295 e. The first-order valence-electron chi connectivity index (χ1n) is 9.12. The molecule has 12 heteroatoms. The lowest BCUT2D eigenvalue weighted by Crippen LogP contribution is -2.44. The van der Waals surface area contributed by atoms with E-state index in [4.69, 9.17) is 0 Å². The molecule has 1 aliphatic carbocycles. The molecule has 0 radical (unpaired) electrons. The Morgan fingerprint density at radius 3 is 2.55 bits per heavy atom. The fourth-order valence-electron chi connectivity index (χ4n) is 3.49. The summed E-state index contributed by atoms with van der Waals surface area (Å²) in [5, 5.41) is 4.11. The first kappa shape index (κ1) is 19.7. The zero-order valence-electron chi connectivity index (χ0n) is 15.5. The van der Waals surface area contributed by atoms with Crippen LogP contribution in [0.3, 0.4) is 0 Å². The highest BCUT2D eigenvalue weighted by atomic mass is 32.1. The van der Waals surface area contributed by atoms with Crippen LogP contribution in [0.1, 0.15) is 42.2 Å². The van der Waals surface area contributed by atoms with E-state index < -0.39 is 36.1 Å². The van der Waals surface area contributed by atoms with E-state index in [0.29, 0.717) is 23.3 Å². The van der Waals surface area contributed by atoms with Gasteiger partial charge in [-0.3, -0.25) is 18.9 Å². The molecule has 0 amide bonds. The molecule has 3 aromatic rings. The van der Waals surface area contributed by atoms with Crippen molar-refractivity contribution in [3.05, 3.63) is 48.1 Å². The number of alkyl halides is 3. The van der Waals surface area contributed by atoms with Crippen molar-refractivity contribution in [2.75, 3.05) is 0 Å². The Hall–Kier alpha value is -2.63. The van der Waals surface area contributed by atoms with Crippen molar-refractivity contribution >= 4 is 21.6 Å². The minimum Gasteiger partial charge on any atom is -0.295 e. The van der Waals surface area contributed by atoms with Crippen LogP contribution in [0, 0.1) is 6.92 Å². The maximum Gasteiger partial charge on any atom is 0.390 e. The standard InChI is InChI=1S/C17H18F3N5O3S/c1-9-11(7-24-15(27)21-8-22-24)29-14-12(9)13(26)25(10-3-2-4-10)16(28)23(14)6-5-17(18,19)20/h8,10H,2-7H2,1H3,(H,21,22,27). The lowest BCUT2D eigenvalue weighted by molar-refractivity contribution is -0.136. The molecule has 29 heavy (non-hydrogen) atoms. The summed E-state index contributed by atoms with van der Waals surface area (Å²) in [6, 6.07) is -0.284. The lowest BCUT2D eigenvalue weighted by atomic mass is 9.93. The number of nitrogens with one attached hydrogen (secondary N) is 1. The molecule has 0 bridgehead atoms. The Kier molecular flexibility index (Phi) is 4.75. The van der Waals surface area contributed by atoms with Crippen LogP contribution in [0.2, 0.25) is 0 Å². The van der Waals surface area contributed by atoms with Crippen LogP contribution in [0.15, 0.2) is 20.7 Å². The molecule has 3 aromatic heterocycles. The summed E-state index contributed by atoms with van der Waals surface area (Å²) in [6.45, 7) is 1.17. The van der Waals surface area contributed by atoms with Crippen LogP contribution in [0.5, 0.6) is 0 Å². The Bertz CT molecular complexity index is 1240. The number of H-pyrrole nitrogens is 1. The van der Waals surface area contributed by atoms with Crippen LogP contribution in [0.4, 0.5) is 13.2 Å². The fourth-order valence-corrected chi connectivity index (χ4v) is 4.79. The largest absolute Gasteiger partial charge is 0.390 e. The number of aromatic amines is 1. The molecule has 3 heterocycles. The van der Waals surface area contributed by atoms with Gasteiger partial charge in [0.2, 0.25) is 0 Å². The average molecular weight is 429 g/mol. The van der Waals surface area contributed by atoms with Gasteiger partial charge in [0.1, 0.15) is 11.2 Å². The number of aromatic nitrogens is 5. The molecule has 1 N–H and O–H groups in total. The van der Waals surface area contributed by atoms with Crippen LogP contribution >= 0.6 is 11.3 Å². The second-order valence-corrected chi connectivity index (χ2v) is 8.22.